The molecule has 9 heteroatoms. The van der Waals surface area contributed by atoms with Crippen molar-refractivity contribution in [1.29, 1.82) is 0 Å². The molecule has 0 saturated heterocycles. The van der Waals surface area contributed by atoms with Crippen molar-refractivity contribution in [3.8, 4) is 0 Å². The standard InChI is InChI=1S/C21H31NO7S/c1-20(2,3)28-18(23)15-22(17-12-8-9-13-17)19(24)21(4,29-30(25,26)27)14-16-10-6-5-7-11-16/h5-7,10-11,17H,8-9,12-15H2,1-4H3,(H,25,26,27). The molecule has 30 heavy (non-hydrogen) atoms. The van der Waals surface area contributed by atoms with Gasteiger partial charge in [0.2, 0.25) is 0 Å². The van der Waals surface area contributed by atoms with Gasteiger partial charge in [0.15, 0.2) is 5.60 Å². The van der Waals surface area contributed by atoms with Crippen LogP contribution in [0, 0.1) is 0 Å². The molecule has 1 aliphatic carbocycles. The van der Waals surface area contributed by atoms with Gasteiger partial charge in [-0.25, -0.2) is 4.18 Å². The van der Waals surface area contributed by atoms with Crippen molar-refractivity contribution in [3.63, 3.8) is 0 Å². The highest BCUT2D eigenvalue weighted by molar-refractivity contribution is 7.81. The van der Waals surface area contributed by atoms with E-state index in [2.05, 4.69) is 0 Å². The molecule has 0 heterocycles. The van der Waals surface area contributed by atoms with Crippen molar-refractivity contribution < 1.29 is 31.5 Å². The van der Waals surface area contributed by atoms with E-state index in [9.17, 15) is 22.6 Å². The molecule has 0 bridgehead atoms. The minimum absolute atomic E-state index is 0.0933. The molecule has 1 aromatic rings. The first-order valence-electron chi connectivity index (χ1n) is 10.0. The van der Waals surface area contributed by atoms with Crippen LogP contribution in [0.15, 0.2) is 30.3 Å². The number of benzene rings is 1. The molecule has 1 aliphatic rings. The molecule has 1 aromatic carbocycles. The zero-order chi connectivity index (χ0) is 22.6. The van der Waals surface area contributed by atoms with Crippen LogP contribution in [0.4, 0.5) is 0 Å². The Bertz CT molecular complexity index is 842. The maximum Gasteiger partial charge on any atom is 0.398 e. The molecule has 168 valence electrons. The van der Waals surface area contributed by atoms with Crippen LogP contribution in [0.5, 0.6) is 0 Å². The van der Waals surface area contributed by atoms with E-state index in [0.29, 0.717) is 18.4 Å². The van der Waals surface area contributed by atoms with Crippen LogP contribution in [0.3, 0.4) is 0 Å². The topological polar surface area (TPSA) is 110 Å². The summed E-state index contributed by atoms with van der Waals surface area (Å²) < 4.78 is 42.7. The zero-order valence-corrected chi connectivity index (χ0v) is 18.8. The number of nitrogens with zero attached hydrogens (tertiary/aromatic N) is 1. The largest absolute Gasteiger partial charge is 0.459 e. The van der Waals surface area contributed by atoms with Gasteiger partial charge in [0.05, 0.1) is 0 Å². The SMILES string of the molecule is CC(C)(C)OC(=O)CN(C(=O)C(C)(Cc1ccccc1)OS(=O)(=O)O)C1CCCC1. The average Bonchev–Trinajstić information content (AvgIpc) is 3.11. The summed E-state index contributed by atoms with van der Waals surface area (Å²) in [5.41, 5.74) is -1.99. The van der Waals surface area contributed by atoms with Crippen LogP contribution in [0.25, 0.3) is 0 Å². The van der Waals surface area contributed by atoms with Gasteiger partial charge < -0.3 is 9.64 Å². The Hall–Kier alpha value is -1.97. The molecular weight excluding hydrogens is 410 g/mol. The highest BCUT2D eigenvalue weighted by atomic mass is 32.3. The van der Waals surface area contributed by atoms with Crippen molar-refractivity contribution in [2.45, 2.75) is 77.0 Å². The summed E-state index contributed by atoms with van der Waals surface area (Å²) in [5.74, 6) is -1.27. The van der Waals surface area contributed by atoms with E-state index >= 15 is 0 Å². The molecule has 1 amide bonds. The summed E-state index contributed by atoms with van der Waals surface area (Å²) in [6, 6.07) is 8.52. The zero-order valence-electron chi connectivity index (χ0n) is 18.0. The number of carbonyl (C=O) groups excluding carboxylic acids is 2. The molecule has 0 aromatic heterocycles. The highest BCUT2D eigenvalue weighted by Crippen LogP contribution is 2.29. The summed E-state index contributed by atoms with van der Waals surface area (Å²) in [4.78, 5) is 27.4. The summed E-state index contributed by atoms with van der Waals surface area (Å²) in [7, 11) is -4.92. The van der Waals surface area contributed by atoms with E-state index in [4.69, 9.17) is 8.92 Å². The summed E-state index contributed by atoms with van der Waals surface area (Å²) in [6.07, 6.45) is 3.10. The number of amides is 1. The van der Waals surface area contributed by atoms with E-state index in [1.54, 1.807) is 51.1 Å². The Labute approximate surface area is 178 Å². The molecule has 1 N–H and O–H groups in total. The lowest BCUT2D eigenvalue weighted by molar-refractivity contribution is -0.164. The van der Waals surface area contributed by atoms with Crippen LogP contribution in [-0.4, -0.2) is 53.5 Å². The van der Waals surface area contributed by atoms with Crippen LogP contribution in [-0.2, 0) is 35.3 Å². The van der Waals surface area contributed by atoms with E-state index in [1.807, 2.05) is 0 Å². The van der Waals surface area contributed by atoms with Gasteiger partial charge in [-0.1, -0.05) is 43.2 Å². The second-order valence-corrected chi connectivity index (χ2v) is 9.88. The summed E-state index contributed by atoms with van der Waals surface area (Å²) in [5, 5.41) is 0. The molecule has 0 spiro atoms. The normalized spacial score (nSPS) is 17.4. The van der Waals surface area contributed by atoms with Gasteiger partial charge in [-0.2, -0.15) is 8.42 Å². The third kappa shape index (κ3) is 7.37. The highest BCUT2D eigenvalue weighted by Gasteiger charge is 2.45. The number of ether oxygens (including phenoxy) is 1. The Balaban J connectivity index is 2.36. The third-order valence-electron chi connectivity index (χ3n) is 4.87. The molecule has 8 nitrogen and oxygen atoms in total. The number of rotatable bonds is 8. The van der Waals surface area contributed by atoms with Crippen molar-refractivity contribution in [2.75, 3.05) is 6.54 Å². The quantitative estimate of drug-likeness (QED) is 0.488. The van der Waals surface area contributed by atoms with Crippen LogP contribution >= 0.6 is 0 Å². The first kappa shape index (κ1) is 24.3. The number of esters is 1. The fourth-order valence-electron chi connectivity index (χ4n) is 3.76. The number of carbonyl (C=O) groups is 2. The van der Waals surface area contributed by atoms with Gasteiger partial charge in [0.1, 0.15) is 12.1 Å². The lowest BCUT2D eigenvalue weighted by atomic mass is 9.94. The lowest BCUT2D eigenvalue weighted by Gasteiger charge is -2.36. The van der Waals surface area contributed by atoms with Gasteiger partial charge in [-0.15, -0.1) is 0 Å². The average molecular weight is 442 g/mol. The van der Waals surface area contributed by atoms with E-state index in [0.717, 1.165) is 12.8 Å². The van der Waals surface area contributed by atoms with Gasteiger partial charge in [-0.3, -0.25) is 14.1 Å². The maximum absolute atomic E-state index is 13.6. The van der Waals surface area contributed by atoms with E-state index in [1.165, 1.54) is 11.8 Å². The second-order valence-electron chi connectivity index (χ2n) is 8.86. The van der Waals surface area contributed by atoms with Crippen LogP contribution in [0.2, 0.25) is 0 Å². The molecule has 1 unspecified atom stereocenters. The summed E-state index contributed by atoms with van der Waals surface area (Å²) in [6.45, 7) is 6.18. The maximum atomic E-state index is 13.6. The Morgan fingerprint density at radius 3 is 2.17 bits per heavy atom. The first-order chi connectivity index (χ1) is 13.8. The fraction of sp³-hybridized carbons (Fsp3) is 0.619. The second kappa shape index (κ2) is 9.45. The van der Waals surface area contributed by atoms with Gasteiger partial charge in [0, 0.05) is 12.5 Å². The smallest absolute Gasteiger partial charge is 0.398 e. The molecular formula is C21H31NO7S. The molecule has 0 radical (unpaired) electrons. The minimum Gasteiger partial charge on any atom is -0.459 e. The van der Waals surface area contributed by atoms with Crippen LogP contribution in [0.1, 0.15) is 58.9 Å². The van der Waals surface area contributed by atoms with Crippen molar-refractivity contribution in [2.24, 2.45) is 0 Å². The van der Waals surface area contributed by atoms with Crippen LogP contribution < -0.4 is 0 Å². The Kier molecular flexibility index (Phi) is 7.65. The van der Waals surface area contributed by atoms with Gasteiger partial charge in [-0.05, 0) is 46.1 Å². The molecule has 1 atom stereocenters. The molecule has 1 fully saturated rings. The Morgan fingerprint density at radius 2 is 1.67 bits per heavy atom. The van der Waals surface area contributed by atoms with Crippen molar-refractivity contribution in [1.82, 2.24) is 4.90 Å². The fourth-order valence-corrected chi connectivity index (χ4v) is 4.35. The van der Waals surface area contributed by atoms with Crippen molar-refractivity contribution in [3.05, 3.63) is 35.9 Å². The van der Waals surface area contributed by atoms with Crippen molar-refractivity contribution >= 4 is 22.3 Å². The lowest BCUT2D eigenvalue weighted by Crippen LogP contribution is -2.55. The van der Waals surface area contributed by atoms with Gasteiger partial charge >= 0.3 is 16.4 Å². The molecule has 1 saturated carbocycles. The monoisotopic (exact) mass is 441 g/mol. The Morgan fingerprint density at radius 1 is 1.10 bits per heavy atom. The number of hydrogen-bond donors (Lipinski definition) is 1. The predicted octanol–water partition coefficient (Wildman–Crippen LogP) is 2.92. The first-order valence-corrected chi connectivity index (χ1v) is 11.4. The summed E-state index contributed by atoms with van der Waals surface area (Å²) >= 11 is 0. The number of hydrogen-bond acceptors (Lipinski definition) is 6. The van der Waals surface area contributed by atoms with E-state index in [-0.39, 0.29) is 19.0 Å². The molecule has 2 rings (SSSR count). The predicted molar refractivity (Wildman–Crippen MR) is 111 cm³/mol. The third-order valence-corrected chi connectivity index (χ3v) is 5.45. The van der Waals surface area contributed by atoms with E-state index < -0.39 is 33.5 Å². The van der Waals surface area contributed by atoms with Gasteiger partial charge in [0.25, 0.3) is 5.91 Å². The molecule has 0 aliphatic heterocycles. The minimum atomic E-state index is -4.92.